The number of hydrogen-bond donors (Lipinski definition) is 1. The fourth-order valence-electron chi connectivity index (χ4n) is 1.20. The summed E-state index contributed by atoms with van der Waals surface area (Å²) in [4.78, 5) is 0.295. The van der Waals surface area contributed by atoms with Crippen molar-refractivity contribution in [1.29, 1.82) is 5.53 Å². The molecule has 0 aromatic heterocycles. The highest BCUT2D eigenvalue weighted by Crippen LogP contribution is 2.13. The minimum absolute atomic E-state index is 0.112. The monoisotopic (exact) mass is 226 g/mol. The van der Waals surface area contributed by atoms with Crippen molar-refractivity contribution in [1.82, 2.24) is 0 Å². The van der Waals surface area contributed by atoms with Gasteiger partial charge in [0.2, 0.25) is 0 Å². The number of hydrogen-bond acceptors (Lipinski definition) is 4. The van der Waals surface area contributed by atoms with Gasteiger partial charge in [0.25, 0.3) is 0 Å². The van der Waals surface area contributed by atoms with E-state index in [-0.39, 0.29) is 5.75 Å². The fourth-order valence-corrected chi connectivity index (χ4v) is 2.65. The lowest BCUT2D eigenvalue weighted by atomic mass is 10.2. The van der Waals surface area contributed by atoms with Crippen LogP contribution in [0.4, 0.5) is 0 Å². The largest absolute Gasteiger partial charge is 0.224 e. The fraction of sp³-hybridized carbons (Fsp3) is 0.400. The molecule has 0 spiro atoms. The number of nitrogens with zero attached hydrogens (tertiary/aromatic N) is 1. The Bertz CT molecular complexity index is 437. The van der Waals surface area contributed by atoms with Crippen LogP contribution in [0.25, 0.3) is 0 Å². The predicted molar refractivity (Wildman–Crippen MR) is 57.8 cm³/mol. The minimum Gasteiger partial charge on any atom is -0.224 e. The molecule has 0 bridgehead atoms. The minimum atomic E-state index is -3.30. The maximum absolute atomic E-state index is 11.8. The average molecular weight is 226 g/mol. The molecule has 0 radical (unpaired) electrons. The van der Waals surface area contributed by atoms with Crippen LogP contribution in [0.3, 0.4) is 0 Å². The van der Waals surface area contributed by atoms with E-state index in [2.05, 4.69) is 5.11 Å². The Kier molecular flexibility index (Phi) is 3.57. The lowest BCUT2D eigenvalue weighted by Gasteiger charge is -2.06. The Morgan fingerprint density at radius 2 is 1.87 bits per heavy atom. The summed E-state index contributed by atoms with van der Waals surface area (Å²) in [5.41, 5.74) is 7.77. The van der Waals surface area contributed by atoms with Crippen molar-refractivity contribution < 1.29 is 8.42 Å². The van der Waals surface area contributed by atoms with Crippen molar-refractivity contribution in [3.05, 3.63) is 29.8 Å². The molecule has 0 heterocycles. The van der Waals surface area contributed by atoms with Crippen molar-refractivity contribution in [3.8, 4) is 0 Å². The second-order valence-corrected chi connectivity index (χ2v) is 5.61. The maximum Gasteiger partial charge on any atom is 0.180 e. The maximum atomic E-state index is 11.8. The lowest BCUT2D eigenvalue weighted by Crippen LogP contribution is -2.16. The molecule has 1 atom stereocenters. The molecule has 0 aliphatic rings. The predicted octanol–water partition coefficient (Wildman–Crippen LogP) is 2.19. The molecule has 0 aliphatic heterocycles. The Labute approximate surface area is 89.8 Å². The van der Waals surface area contributed by atoms with Crippen LogP contribution in [-0.4, -0.2) is 20.2 Å². The summed E-state index contributed by atoms with van der Waals surface area (Å²) in [6.45, 7) is 3.51. The molecule has 1 aromatic carbocycles. The van der Waals surface area contributed by atoms with Gasteiger partial charge in [0.1, 0.15) is 0 Å². The van der Waals surface area contributed by atoms with Gasteiger partial charge in [-0.05, 0) is 26.0 Å². The van der Waals surface area contributed by atoms with E-state index in [1.165, 1.54) is 0 Å². The summed E-state index contributed by atoms with van der Waals surface area (Å²) in [6.07, 6.45) is 0. The molecule has 15 heavy (non-hydrogen) atoms. The van der Waals surface area contributed by atoms with Gasteiger partial charge in [-0.25, -0.2) is 13.9 Å². The van der Waals surface area contributed by atoms with Gasteiger partial charge in [-0.2, -0.15) is 5.11 Å². The summed E-state index contributed by atoms with van der Waals surface area (Å²) >= 11 is 0. The first-order chi connectivity index (χ1) is 6.95. The van der Waals surface area contributed by atoms with Gasteiger partial charge in [-0.15, -0.1) is 0 Å². The molecule has 0 amide bonds. The van der Waals surface area contributed by atoms with E-state index in [0.29, 0.717) is 4.90 Å². The van der Waals surface area contributed by atoms with Gasteiger partial charge in [-0.1, -0.05) is 17.7 Å². The van der Waals surface area contributed by atoms with Gasteiger partial charge < -0.3 is 0 Å². The van der Waals surface area contributed by atoms with Crippen LogP contribution < -0.4 is 0 Å². The molecule has 5 heteroatoms. The first-order valence-corrected chi connectivity index (χ1v) is 6.27. The molecule has 0 saturated heterocycles. The van der Waals surface area contributed by atoms with Crippen LogP contribution >= 0.6 is 0 Å². The van der Waals surface area contributed by atoms with Gasteiger partial charge >= 0.3 is 0 Å². The van der Waals surface area contributed by atoms with E-state index < -0.39 is 15.9 Å². The molecular weight excluding hydrogens is 212 g/mol. The Hall–Kier alpha value is -1.23. The van der Waals surface area contributed by atoms with E-state index in [1.54, 1.807) is 31.2 Å². The SMILES string of the molecule is Cc1ccc(S(=O)(=O)CC(C)N=N)cc1. The van der Waals surface area contributed by atoms with Gasteiger partial charge in [-0.3, -0.25) is 0 Å². The van der Waals surface area contributed by atoms with Crippen LogP contribution in [0.2, 0.25) is 0 Å². The first kappa shape index (κ1) is 11.8. The third-order valence-electron chi connectivity index (χ3n) is 2.06. The van der Waals surface area contributed by atoms with Crippen LogP contribution in [0.5, 0.6) is 0 Å². The van der Waals surface area contributed by atoms with Crippen LogP contribution in [0, 0.1) is 12.5 Å². The van der Waals surface area contributed by atoms with Crippen molar-refractivity contribution in [2.75, 3.05) is 5.75 Å². The lowest BCUT2D eigenvalue weighted by molar-refractivity contribution is 0.587. The Balaban J connectivity index is 2.96. The summed E-state index contributed by atoms with van der Waals surface area (Å²) < 4.78 is 23.5. The summed E-state index contributed by atoms with van der Waals surface area (Å²) in [7, 11) is -3.30. The summed E-state index contributed by atoms with van der Waals surface area (Å²) in [6, 6.07) is 6.20. The zero-order valence-electron chi connectivity index (χ0n) is 8.77. The normalized spacial score (nSPS) is 13.5. The third kappa shape index (κ3) is 3.13. The second kappa shape index (κ2) is 4.53. The number of benzene rings is 1. The topological polar surface area (TPSA) is 70.3 Å². The molecular formula is C10H14N2O2S. The second-order valence-electron chi connectivity index (χ2n) is 3.57. The molecule has 0 aliphatic carbocycles. The Morgan fingerprint density at radius 3 is 2.33 bits per heavy atom. The van der Waals surface area contributed by atoms with E-state index >= 15 is 0 Å². The number of sulfone groups is 1. The first-order valence-electron chi connectivity index (χ1n) is 4.61. The van der Waals surface area contributed by atoms with E-state index in [4.69, 9.17) is 5.53 Å². The van der Waals surface area contributed by atoms with Crippen LogP contribution in [0.1, 0.15) is 12.5 Å². The number of aryl methyl sites for hydroxylation is 1. The van der Waals surface area contributed by atoms with Gasteiger partial charge in [0, 0.05) is 0 Å². The quantitative estimate of drug-likeness (QED) is 0.799. The number of nitrogens with one attached hydrogen (secondary N) is 1. The highest BCUT2D eigenvalue weighted by atomic mass is 32.2. The molecule has 0 fully saturated rings. The van der Waals surface area contributed by atoms with Crippen molar-refractivity contribution in [2.45, 2.75) is 24.8 Å². The molecule has 0 saturated carbocycles. The standard InChI is InChI=1S/C10H14N2O2S/c1-8-3-5-10(6-4-8)15(13,14)7-9(2)12-11/h3-6,9,11H,7H2,1-2H3. The van der Waals surface area contributed by atoms with E-state index in [1.807, 2.05) is 6.92 Å². The van der Waals surface area contributed by atoms with Crippen molar-refractivity contribution >= 4 is 9.84 Å². The number of rotatable bonds is 4. The Morgan fingerprint density at radius 1 is 1.33 bits per heavy atom. The summed E-state index contributed by atoms with van der Waals surface area (Å²) in [5.74, 6) is -0.112. The average Bonchev–Trinajstić information content (AvgIpc) is 2.17. The highest BCUT2D eigenvalue weighted by Gasteiger charge is 2.17. The smallest absolute Gasteiger partial charge is 0.180 e. The van der Waals surface area contributed by atoms with Crippen molar-refractivity contribution in [3.63, 3.8) is 0 Å². The molecule has 1 aromatic rings. The molecule has 1 unspecified atom stereocenters. The molecule has 82 valence electrons. The third-order valence-corrected chi connectivity index (χ3v) is 3.97. The van der Waals surface area contributed by atoms with Crippen LogP contribution in [0.15, 0.2) is 34.3 Å². The molecule has 4 nitrogen and oxygen atoms in total. The van der Waals surface area contributed by atoms with Crippen molar-refractivity contribution in [2.24, 2.45) is 5.11 Å². The van der Waals surface area contributed by atoms with E-state index in [9.17, 15) is 8.42 Å². The zero-order valence-corrected chi connectivity index (χ0v) is 9.58. The molecule has 1 rings (SSSR count). The van der Waals surface area contributed by atoms with Gasteiger partial charge in [0.05, 0.1) is 16.7 Å². The summed E-state index contributed by atoms with van der Waals surface area (Å²) in [5, 5.41) is 3.19. The van der Waals surface area contributed by atoms with E-state index in [0.717, 1.165) is 5.56 Å². The van der Waals surface area contributed by atoms with Crippen LogP contribution in [-0.2, 0) is 9.84 Å². The zero-order chi connectivity index (χ0) is 11.5. The van der Waals surface area contributed by atoms with Gasteiger partial charge in [0.15, 0.2) is 9.84 Å². The molecule has 1 N–H and O–H groups in total. The highest BCUT2D eigenvalue weighted by molar-refractivity contribution is 7.91.